The van der Waals surface area contributed by atoms with Crippen molar-refractivity contribution >= 4 is 79.2 Å². The Bertz CT molecular complexity index is 2080. The van der Waals surface area contributed by atoms with E-state index < -0.39 is 17.2 Å². The number of nitrogens with zero attached hydrogens (tertiary/aromatic N) is 2. The first-order valence-electron chi connectivity index (χ1n) is 14.4. The molecule has 44 heavy (non-hydrogen) atoms. The number of para-hydroxylation sites is 2. The second-order valence-electron chi connectivity index (χ2n) is 11.0. The molecule has 0 aliphatic carbocycles. The van der Waals surface area contributed by atoms with E-state index in [1.165, 1.54) is 0 Å². The largest absolute Gasteiger partial charge is 0.343 e. The number of aryl methyl sites for hydroxylation is 2. The van der Waals surface area contributed by atoms with Gasteiger partial charge in [0.15, 0.2) is 10.9 Å². The van der Waals surface area contributed by atoms with Gasteiger partial charge in [0.1, 0.15) is 5.41 Å². The molecular formula is C35H33ClN4O4. The Morgan fingerprint density at radius 2 is 0.955 bits per heavy atom. The molecule has 0 atom stereocenters. The van der Waals surface area contributed by atoms with E-state index in [9.17, 15) is 19.2 Å². The van der Waals surface area contributed by atoms with Crippen LogP contribution < -0.4 is 21.5 Å². The maximum atomic E-state index is 13.8. The number of nitrogens with one attached hydrogen (secondary N) is 2. The van der Waals surface area contributed by atoms with Crippen LogP contribution in [0.4, 0.5) is 11.4 Å². The van der Waals surface area contributed by atoms with Crippen LogP contribution in [0, 0.1) is 5.41 Å². The quantitative estimate of drug-likeness (QED) is 0.166. The molecule has 9 heteroatoms. The van der Waals surface area contributed by atoms with Gasteiger partial charge < -0.3 is 19.8 Å². The third kappa shape index (κ3) is 4.72. The number of pyridine rings is 2. The van der Waals surface area contributed by atoms with E-state index in [4.69, 9.17) is 0 Å². The van der Waals surface area contributed by atoms with Crippen LogP contribution in [0.15, 0.2) is 94.5 Å². The molecule has 0 radical (unpaired) electrons. The van der Waals surface area contributed by atoms with Crippen LogP contribution in [0.1, 0.15) is 26.7 Å². The number of anilines is 2. The minimum atomic E-state index is -1.38. The second kappa shape index (κ2) is 11.6. The number of halogens is 1. The van der Waals surface area contributed by atoms with Gasteiger partial charge in [-0.2, -0.15) is 0 Å². The van der Waals surface area contributed by atoms with Crippen LogP contribution in [0.3, 0.4) is 0 Å². The van der Waals surface area contributed by atoms with Gasteiger partial charge in [0, 0.05) is 47.0 Å². The molecule has 0 aliphatic heterocycles. The number of amides is 2. The van der Waals surface area contributed by atoms with Crippen LogP contribution >= 0.6 is 12.4 Å². The number of hydrogen-bond donors (Lipinski definition) is 2. The van der Waals surface area contributed by atoms with Gasteiger partial charge in [-0.25, -0.2) is 0 Å². The molecular weight excluding hydrogens is 576 g/mol. The topological polar surface area (TPSA) is 102 Å². The van der Waals surface area contributed by atoms with Gasteiger partial charge in [0.25, 0.3) is 0 Å². The molecule has 2 N–H and O–H groups in total. The summed E-state index contributed by atoms with van der Waals surface area (Å²) < 4.78 is 3.90. The van der Waals surface area contributed by atoms with Crippen LogP contribution in [0.25, 0.3) is 43.6 Å². The van der Waals surface area contributed by atoms with Crippen molar-refractivity contribution in [3.05, 3.63) is 105 Å². The second-order valence-corrected chi connectivity index (χ2v) is 11.0. The Labute approximate surface area is 259 Å². The Kier molecular flexibility index (Phi) is 8.05. The van der Waals surface area contributed by atoms with E-state index >= 15 is 0 Å². The molecule has 0 aliphatic rings. The number of carbonyl (C=O) groups is 2. The van der Waals surface area contributed by atoms with Gasteiger partial charge in [0.2, 0.25) is 11.8 Å². The lowest BCUT2D eigenvalue weighted by atomic mass is 9.80. The van der Waals surface area contributed by atoms with E-state index in [1.54, 1.807) is 62.4 Å². The fourth-order valence-electron chi connectivity index (χ4n) is 6.14. The summed E-state index contributed by atoms with van der Waals surface area (Å²) >= 11 is 0. The highest BCUT2D eigenvalue weighted by atomic mass is 35.5. The highest BCUT2D eigenvalue weighted by molar-refractivity contribution is 6.15. The zero-order valence-electron chi connectivity index (χ0n) is 24.9. The number of benzene rings is 4. The first-order chi connectivity index (χ1) is 20.7. The summed E-state index contributed by atoms with van der Waals surface area (Å²) in [5, 5.41) is 7.95. The highest BCUT2D eigenvalue weighted by Gasteiger charge is 2.43. The summed E-state index contributed by atoms with van der Waals surface area (Å²) in [5.41, 5.74) is 2.38. The van der Waals surface area contributed by atoms with Crippen molar-refractivity contribution in [2.45, 2.75) is 26.7 Å². The molecule has 0 saturated heterocycles. The van der Waals surface area contributed by atoms with Gasteiger partial charge in [-0.3, -0.25) is 19.2 Å². The molecule has 0 unspecified atom stereocenters. The van der Waals surface area contributed by atoms with Gasteiger partial charge >= 0.3 is 0 Å². The SMILES string of the molecule is CCC(CC)(C(=O)Nc1ccc2c(c1)c(=O)c1ccccc1n2C)C(=O)Nc1ccc2c(c1)c(=O)c1ccccc1n2C.Cl. The third-order valence-electron chi connectivity index (χ3n) is 8.82. The Balaban J connectivity index is 0.00000384. The summed E-state index contributed by atoms with van der Waals surface area (Å²) in [4.78, 5) is 54.1. The Hall–Kier alpha value is -4.95. The van der Waals surface area contributed by atoms with Gasteiger partial charge in [-0.05, 0) is 73.5 Å². The Morgan fingerprint density at radius 1 is 0.591 bits per heavy atom. The Morgan fingerprint density at radius 3 is 1.34 bits per heavy atom. The molecule has 0 bridgehead atoms. The van der Waals surface area contributed by atoms with Crippen molar-refractivity contribution < 1.29 is 9.59 Å². The number of aromatic nitrogens is 2. The van der Waals surface area contributed by atoms with E-state index in [1.807, 2.05) is 59.6 Å². The van der Waals surface area contributed by atoms with Crippen molar-refractivity contribution in [1.29, 1.82) is 0 Å². The van der Waals surface area contributed by atoms with Crippen LogP contribution in [-0.2, 0) is 23.7 Å². The first-order valence-corrected chi connectivity index (χ1v) is 14.4. The van der Waals surface area contributed by atoms with E-state index in [-0.39, 0.29) is 36.1 Å². The van der Waals surface area contributed by atoms with Crippen molar-refractivity contribution in [2.24, 2.45) is 19.5 Å². The van der Waals surface area contributed by atoms with Crippen LogP contribution in [0.2, 0.25) is 0 Å². The molecule has 4 aromatic carbocycles. The molecule has 0 saturated carbocycles. The van der Waals surface area contributed by atoms with Crippen molar-refractivity contribution in [1.82, 2.24) is 9.13 Å². The summed E-state index contributed by atoms with van der Waals surface area (Å²) in [6.45, 7) is 3.60. The third-order valence-corrected chi connectivity index (χ3v) is 8.82. The molecule has 0 fully saturated rings. The molecule has 8 nitrogen and oxygen atoms in total. The standard InChI is InChI=1S/C35H32N4O4.ClH/c1-5-35(6-2,33(42)36-21-15-17-29-25(19-21)31(40)23-11-7-9-13-27(23)38(29)3)34(43)37-22-16-18-30-26(20-22)32(41)24-12-8-10-14-28(24)39(30)4;/h7-20H,5-6H2,1-4H3,(H,36,42)(H,37,43);1H. The van der Waals surface area contributed by atoms with Gasteiger partial charge in [0.05, 0.1) is 22.1 Å². The lowest BCUT2D eigenvalue weighted by Crippen LogP contribution is -2.45. The molecule has 224 valence electrons. The number of fused-ring (bicyclic) bond motifs is 4. The summed E-state index contributed by atoms with van der Waals surface area (Å²) in [6, 6.07) is 25.2. The van der Waals surface area contributed by atoms with Gasteiger partial charge in [-0.15, -0.1) is 12.4 Å². The fourth-order valence-corrected chi connectivity index (χ4v) is 6.14. The average Bonchev–Trinajstić information content (AvgIpc) is 3.03. The monoisotopic (exact) mass is 608 g/mol. The molecule has 2 aromatic heterocycles. The zero-order chi connectivity index (χ0) is 30.5. The zero-order valence-corrected chi connectivity index (χ0v) is 25.7. The maximum absolute atomic E-state index is 13.8. The summed E-state index contributed by atoms with van der Waals surface area (Å²) in [6.07, 6.45) is 0.502. The molecule has 2 heterocycles. The highest BCUT2D eigenvalue weighted by Crippen LogP contribution is 2.32. The number of hydrogen-bond acceptors (Lipinski definition) is 4. The van der Waals surface area contributed by atoms with Crippen molar-refractivity contribution in [3.63, 3.8) is 0 Å². The van der Waals surface area contributed by atoms with E-state index in [0.29, 0.717) is 32.9 Å². The minimum absolute atomic E-state index is 0. The predicted octanol–water partition coefficient (Wildman–Crippen LogP) is 6.50. The summed E-state index contributed by atoms with van der Waals surface area (Å²) in [7, 11) is 3.80. The molecule has 2 amide bonds. The van der Waals surface area contributed by atoms with Crippen molar-refractivity contribution in [3.8, 4) is 0 Å². The van der Waals surface area contributed by atoms with Gasteiger partial charge in [-0.1, -0.05) is 38.1 Å². The molecule has 6 aromatic rings. The minimum Gasteiger partial charge on any atom is -0.343 e. The normalized spacial score (nSPS) is 11.5. The lowest BCUT2D eigenvalue weighted by Gasteiger charge is -2.29. The van der Waals surface area contributed by atoms with Crippen LogP contribution in [-0.4, -0.2) is 20.9 Å². The average molecular weight is 609 g/mol. The molecule has 6 rings (SSSR count). The molecule has 0 spiro atoms. The van der Waals surface area contributed by atoms with Crippen LogP contribution in [0.5, 0.6) is 0 Å². The number of carbonyl (C=O) groups excluding carboxylic acids is 2. The van der Waals surface area contributed by atoms with E-state index in [0.717, 1.165) is 22.1 Å². The lowest BCUT2D eigenvalue weighted by molar-refractivity contribution is -0.137. The first kappa shape index (κ1) is 30.5. The maximum Gasteiger partial charge on any atom is 0.240 e. The predicted molar refractivity (Wildman–Crippen MR) is 181 cm³/mol. The van der Waals surface area contributed by atoms with Crippen molar-refractivity contribution in [2.75, 3.05) is 10.6 Å². The van der Waals surface area contributed by atoms with E-state index in [2.05, 4.69) is 10.6 Å². The number of rotatable bonds is 6. The summed E-state index contributed by atoms with van der Waals surface area (Å²) in [5.74, 6) is -0.927. The fraction of sp³-hybridized carbons (Fsp3) is 0.200. The smallest absolute Gasteiger partial charge is 0.240 e.